The molecule has 16 heavy (non-hydrogen) atoms. The van der Waals surface area contributed by atoms with Gasteiger partial charge in [-0.3, -0.25) is 0 Å². The summed E-state index contributed by atoms with van der Waals surface area (Å²) >= 11 is 7.07. The third-order valence-corrected chi connectivity index (χ3v) is 5.89. The molecule has 1 nitrogen and oxygen atoms in total. The summed E-state index contributed by atoms with van der Waals surface area (Å²) in [6, 6.07) is 4.35. The molecule has 0 aliphatic rings. The second kappa shape index (κ2) is 5.00. The van der Waals surface area contributed by atoms with E-state index in [0.717, 1.165) is 10.9 Å². The number of hydrogen-bond donors (Lipinski definition) is 1. The molecule has 0 fully saturated rings. The fourth-order valence-electron chi connectivity index (χ4n) is 1.68. The van der Waals surface area contributed by atoms with E-state index in [2.05, 4.69) is 47.3 Å². The van der Waals surface area contributed by atoms with Gasteiger partial charge in [0.05, 0.1) is 6.04 Å². The van der Waals surface area contributed by atoms with Crippen LogP contribution in [0.4, 0.5) is 0 Å². The molecule has 4 heteroatoms. The number of hydrogen-bond acceptors (Lipinski definition) is 3. The van der Waals surface area contributed by atoms with Crippen LogP contribution in [0.5, 0.6) is 0 Å². The molecule has 0 aliphatic heterocycles. The van der Waals surface area contributed by atoms with Gasteiger partial charge in [-0.05, 0) is 52.4 Å². The summed E-state index contributed by atoms with van der Waals surface area (Å²) in [5.41, 5.74) is 7.69. The molecule has 0 saturated carbocycles. The molecule has 0 spiro atoms. The Balaban J connectivity index is 2.35. The summed E-state index contributed by atoms with van der Waals surface area (Å²) in [4.78, 5) is 3.83. The van der Waals surface area contributed by atoms with Crippen LogP contribution in [0.2, 0.25) is 0 Å². The summed E-state index contributed by atoms with van der Waals surface area (Å²) in [6.45, 7) is 4.29. The smallest absolute Gasteiger partial charge is 0.0743 e. The second-order valence-electron chi connectivity index (χ2n) is 3.69. The van der Waals surface area contributed by atoms with Crippen LogP contribution in [0.3, 0.4) is 0 Å². The van der Waals surface area contributed by atoms with E-state index in [1.165, 1.54) is 20.2 Å². The average molecular weight is 316 g/mol. The van der Waals surface area contributed by atoms with Crippen LogP contribution in [0, 0.1) is 6.92 Å². The number of aryl methyl sites for hydroxylation is 2. The van der Waals surface area contributed by atoms with Crippen molar-refractivity contribution in [2.24, 2.45) is 5.73 Å². The van der Waals surface area contributed by atoms with Crippen molar-refractivity contribution in [1.82, 2.24) is 0 Å². The first-order valence-electron chi connectivity index (χ1n) is 5.21. The van der Waals surface area contributed by atoms with E-state index in [0.29, 0.717) is 0 Å². The SMILES string of the molecule is CCc1ccsc1C(N)c1cc(Br)c(C)s1. The molecular formula is C12H14BrNS2. The average Bonchev–Trinajstić information content (AvgIpc) is 2.85. The minimum atomic E-state index is 0.0324. The molecule has 0 aromatic carbocycles. The number of thiophene rings is 2. The van der Waals surface area contributed by atoms with Gasteiger partial charge in [-0.25, -0.2) is 0 Å². The fraction of sp³-hybridized carbons (Fsp3) is 0.333. The Kier molecular flexibility index (Phi) is 3.85. The lowest BCUT2D eigenvalue weighted by molar-refractivity contribution is 0.894. The summed E-state index contributed by atoms with van der Waals surface area (Å²) in [5, 5.41) is 2.13. The van der Waals surface area contributed by atoms with Gasteiger partial charge in [0.25, 0.3) is 0 Å². The molecule has 0 amide bonds. The first-order valence-corrected chi connectivity index (χ1v) is 7.70. The molecule has 2 N–H and O–H groups in total. The summed E-state index contributed by atoms with van der Waals surface area (Å²) < 4.78 is 1.16. The third-order valence-electron chi connectivity index (χ3n) is 2.63. The van der Waals surface area contributed by atoms with E-state index < -0.39 is 0 Å². The highest BCUT2D eigenvalue weighted by Gasteiger charge is 2.16. The number of halogens is 1. The van der Waals surface area contributed by atoms with Crippen LogP contribution in [-0.2, 0) is 6.42 Å². The van der Waals surface area contributed by atoms with Gasteiger partial charge in [0.2, 0.25) is 0 Å². The van der Waals surface area contributed by atoms with Gasteiger partial charge in [-0.1, -0.05) is 6.92 Å². The predicted molar refractivity (Wildman–Crippen MR) is 76.5 cm³/mol. The van der Waals surface area contributed by atoms with Crippen LogP contribution >= 0.6 is 38.6 Å². The Hall–Kier alpha value is -0.160. The highest BCUT2D eigenvalue weighted by Crippen LogP contribution is 2.35. The van der Waals surface area contributed by atoms with Crippen molar-refractivity contribution in [3.05, 3.63) is 42.2 Å². The van der Waals surface area contributed by atoms with Crippen molar-refractivity contribution in [3.63, 3.8) is 0 Å². The Morgan fingerprint density at radius 2 is 2.25 bits per heavy atom. The Labute approximate surface area is 112 Å². The van der Waals surface area contributed by atoms with Gasteiger partial charge in [0.1, 0.15) is 0 Å². The van der Waals surface area contributed by atoms with Gasteiger partial charge in [-0.2, -0.15) is 0 Å². The normalized spacial score (nSPS) is 13.0. The molecule has 86 valence electrons. The maximum atomic E-state index is 6.32. The first kappa shape index (κ1) is 12.3. The molecular weight excluding hydrogens is 302 g/mol. The highest BCUT2D eigenvalue weighted by molar-refractivity contribution is 9.10. The van der Waals surface area contributed by atoms with Gasteiger partial charge in [-0.15, -0.1) is 22.7 Å². The van der Waals surface area contributed by atoms with Crippen LogP contribution in [0.25, 0.3) is 0 Å². The first-order chi connectivity index (χ1) is 7.63. The lowest BCUT2D eigenvalue weighted by Gasteiger charge is -2.09. The standard InChI is InChI=1S/C12H14BrNS2/c1-3-8-4-5-15-12(8)11(14)10-6-9(13)7(2)16-10/h4-6,11H,3,14H2,1-2H3. The molecule has 1 atom stereocenters. The zero-order valence-corrected chi connectivity index (χ0v) is 12.5. The lowest BCUT2D eigenvalue weighted by Crippen LogP contribution is -2.10. The molecule has 2 aromatic heterocycles. The van der Waals surface area contributed by atoms with Crippen molar-refractivity contribution < 1.29 is 0 Å². The van der Waals surface area contributed by atoms with Crippen LogP contribution in [0.1, 0.15) is 33.2 Å². The lowest BCUT2D eigenvalue weighted by atomic mass is 10.1. The predicted octanol–water partition coefficient (Wildman–Crippen LogP) is 4.49. The van der Waals surface area contributed by atoms with Gasteiger partial charge in [0.15, 0.2) is 0 Å². The van der Waals surface area contributed by atoms with Gasteiger partial charge < -0.3 is 5.73 Å². The maximum Gasteiger partial charge on any atom is 0.0743 e. The van der Waals surface area contributed by atoms with Crippen LogP contribution in [-0.4, -0.2) is 0 Å². The minimum Gasteiger partial charge on any atom is -0.319 e. The summed E-state index contributed by atoms with van der Waals surface area (Å²) in [6.07, 6.45) is 1.05. The molecule has 0 aliphatic carbocycles. The number of nitrogens with two attached hydrogens (primary N) is 1. The van der Waals surface area contributed by atoms with E-state index in [1.54, 1.807) is 22.7 Å². The largest absolute Gasteiger partial charge is 0.319 e. The van der Waals surface area contributed by atoms with E-state index in [1.807, 2.05) is 0 Å². The van der Waals surface area contributed by atoms with Gasteiger partial charge in [0, 0.05) is 19.1 Å². The van der Waals surface area contributed by atoms with Gasteiger partial charge >= 0.3 is 0 Å². The Morgan fingerprint density at radius 3 is 2.81 bits per heavy atom. The van der Waals surface area contributed by atoms with Crippen molar-refractivity contribution >= 4 is 38.6 Å². The third kappa shape index (κ3) is 2.25. The topological polar surface area (TPSA) is 26.0 Å². The molecule has 2 rings (SSSR count). The summed E-state index contributed by atoms with van der Waals surface area (Å²) in [7, 11) is 0. The van der Waals surface area contributed by atoms with Crippen molar-refractivity contribution in [2.45, 2.75) is 26.3 Å². The molecule has 1 unspecified atom stereocenters. The zero-order valence-electron chi connectivity index (χ0n) is 9.29. The van der Waals surface area contributed by atoms with E-state index in [9.17, 15) is 0 Å². The quantitative estimate of drug-likeness (QED) is 0.887. The van der Waals surface area contributed by atoms with E-state index in [4.69, 9.17) is 5.73 Å². The van der Waals surface area contributed by atoms with Crippen molar-refractivity contribution in [2.75, 3.05) is 0 Å². The minimum absolute atomic E-state index is 0.0324. The highest BCUT2D eigenvalue weighted by atomic mass is 79.9. The molecule has 0 radical (unpaired) electrons. The second-order valence-corrected chi connectivity index (χ2v) is 6.78. The zero-order chi connectivity index (χ0) is 11.7. The molecule has 2 heterocycles. The molecule has 0 bridgehead atoms. The monoisotopic (exact) mass is 315 g/mol. The fourth-order valence-corrected chi connectivity index (χ4v) is 4.34. The number of rotatable bonds is 3. The van der Waals surface area contributed by atoms with E-state index >= 15 is 0 Å². The Bertz CT molecular complexity index is 467. The maximum absolute atomic E-state index is 6.32. The Morgan fingerprint density at radius 1 is 1.50 bits per heavy atom. The van der Waals surface area contributed by atoms with Crippen molar-refractivity contribution in [1.29, 1.82) is 0 Å². The molecule has 2 aromatic rings. The molecule has 0 saturated heterocycles. The summed E-state index contributed by atoms with van der Waals surface area (Å²) in [5.74, 6) is 0. The van der Waals surface area contributed by atoms with Crippen LogP contribution < -0.4 is 5.73 Å². The van der Waals surface area contributed by atoms with E-state index in [-0.39, 0.29) is 6.04 Å². The van der Waals surface area contributed by atoms with Crippen molar-refractivity contribution in [3.8, 4) is 0 Å². The van der Waals surface area contributed by atoms with Crippen LogP contribution in [0.15, 0.2) is 22.0 Å².